The number of benzene rings is 1. The second kappa shape index (κ2) is 3.89. The van der Waals surface area contributed by atoms with Gasteiger partial charge in [0, 0.05) is 6.07 Å². The Hall–Kier alpha value is -1.82. The summed E-state index contributed by atoms with van der Waals surface area (Å²) in [6.07, 6.45) is 1.55. The molecular formula is C11H12F2N4. The molecule has 0 aliphatic rings. The maximum absolute atomic E-state index is 13.0. The molecule has 0 aliphatic heterocycles. The largest absolute Gasteiger partial charge is 0.320 e. The molecule has 17 heavy (non-hydrogen) atoms. The molecule has 0 saturated carbocycles. The van der Waals surface area contributed by atoms with E-state index in [1.165, 1.54) is 16.8 Å². The van der Waals surface area contributed by atoms with Gasteiger partial charge in [-0.05, 0) is 26.0 Å². The number of hydrogen-bond acceptors (Lipinski definition) is 3. The zero-order valence-corrected chi connectivity index (χ0v) is 9.48. The fourth-order valence-corrected chi connectivity index (χ4v) is 1.36. The van der Waals surface area contributed by atoms with Gasteiger partial charge >= 0.3 is 0 Å². The minimum absolute atomic E-state index is 0.269. The van der Waals surface area contributed by atoms with Crippen molar-refractivity contribution in [3.63, 3.8) is 0 Å². The molecule has 0 saturated heterocycles. The second-order valence-corrected chi connectivity index (χ2v) is 4.40. The van der Waals surface area contributed by atoms with Gasteiger partial charge in [0.2, 0.25) is 0 Å². The minimum Gasteiger partial charge on any atom is -0.320 e. The third-order valence-corrected chi connectivity index (χ3v) is 2.27. The van der Waals surface area contributed by atoms with Gasteiger partial charge in [0.05, 0.1) is 17.4 Å². The van der Waals surface area contributed by atoms with Gasteiger partial charge in [-0.1, -0.05) is 5.21 Å². The third-order valence-electron chi connectivity index (χ3n) is 2.27. The molecule has 0 unspecified atom stereocenters. The molecule has 0 amide bonds. The monoisotopic (exact) mass is 238 g/mol. The third kappa shape index (κ3) is 2.47. The molecule has 1 heterocycles. The van der Waals surface area contributed by atoms with E-state index in [1.807, 2.05) is 0 Å². The van der Waals surface area contributed by atoms with E-state index in [4.69, 9.17) is 5.73 Å². The van der Waals surface area contributed by atoms with Crippen molar-refractivity contribution in [1.29, 1.82) is 0 Å². The molecule has 90 valence electrons. The van der Waals surface area contributed by atoms with E-state index in [0.717, 1.165) is 6.07 Å². The Morgan fingerprint density at radius 1 is 1.18 bits per heavy atom. The number of halogens is 2. The molecule has 6 heteroatoms. The van der Waals surface area contributed by atoms with Gasteiger partial charge in [-0.15, -0.1) is 5.10 Å². The van der Waals surface area contributed by atoms with Crippen LogP contribution in [-0.2, 0) is 5.54 Å². The molecule has 2 N–H and O–H groups in total. The second-order valence-electron chi connectivity index (χ2n) is 4.40. The highest BCUT2D eigenvalue weighted by Crippen LogP contribution is 2.16. The Kier molecular flexibility index (Phi) is 2.66. The predicted molar refractivity (Wildman–Crippen MR) is 58.5 cm³/mol. The van der Waals surface area contributed by atoms with Crippen molar-refractivity contribution in [2.75, 3.05) is 0 Å². The molecule has 0 aliphatic carbocycles. The van der Waals surface area contributed by atoms with Crippen molar-refractivity contribution in [3.05, 3.63) is 41.7 Å². The standard InChI is InChI=1S/C11H12F2N4/c1-11(2,14)10-6-17(16-15-10)9-4-7(12)3-8(13)5-9/h3-6H,14H2,1-2H3. The van der Waals surface area contributed by atoms with Crippen LogP contribution in [0.15, 0.2) is 24.4 Å². The lowest BCUT2D eigenvalue weighted by atomic mass is 10.0. The number of rotatable bonds is 2. The summed E-state index contributed by atoms with van der Waals surface area (Å²) in [7, 11) is 0. The van der Waals surface area contributed by atoms with Gasteiger partial charge < -0.3 is 5.73 Å². The number of nitrogens with zero attached hydrogens (tertiary/aromatic N) is 3. The summed E-state index contributed by atoms with van der Waals surface area (Å²) in [5.74, 6) is -1.33. The smallest absolute Gasteiger partial charge is 0.128 e. The lowest BCUT2D eigenvalue weighted by Crippen LogP contribution is -2.29. The van der Waals surface area contributed by atoms with Gasteiger partial charge in [-0.2, -0.15) is 0 Å². The Morgan fingerprint density at radius 2 is 1.76 bits per heavy atom. The van der Waals surface area contributed by atoms with Crippen LogP contribution in [0.5, 0.6) is 0 Å². The molecule has 0 radical (unpaired) electrons. The first-order chi connectivity index (χ1) is 7.86. The highest BCUT2D eigenvalue weighted by Gasteiger charge is 2.18. The summed E-state index contributed by atoms with van der Waals surface area (Å²) < 4.78 is 27.3. The quantitative estimate of drug-likeness (QED) is 0.867. The van der Waals surface area contributed by atoms with E-state index in [0.29, 0.717) is 5.69 Å². The lowest BCUT2D eigenvalue weighted by molar-refractivity contribution is 0.533. The fraction of sp³-hybridized carbons (Fsp3) is 0.273. The molecule has 1 aromatic heterocycles. The van der Waals surface area contributed by atoms with E-state index in [2.05, 4.69) is 10.3 Å². The molecule has 0 spiro atoms. The van der Waals surface area contributed by atoms with E-state index < -0.39 is 17.2 Å². The average molecular weight is 238 g/mol. The van der Waals surface area contributed by atoms with Crippen LogP contribution in [-0.4, -0.2) is 15.0 Å². The lowest BCUT2D eigenvalue weighted by Gasteiger charge is -2.13. The zero-order valence-electron chi connectivity index (χ0n) is 9.48. The predicted octanol–water partition coefficient (Wildman–Crippen LogP) is 1.74. The molecule has 4 nitrogen and oxygen atoms in total. The number of nitrogens with two attached hydrogens (primary N) is 1. The number of hydrogen-bond donors (Lipinski definition) is 1. The molecule has 1 aromatic carbocycles. The fourth-order valence-electron chi connectivity index (χ4n) is 1.36. The molecule has 0 fully saturated rings. The molecule has 0 bridgehead atoms. The Labute approximate surface area is 97.0 Å². The van der Waals surface area contributed by atoms with Crippen LogP contribution in [0.25, 0.3) is 5.69 Å². The first-order valence-corrected chi connectivity index (χ1v) is 5.04. The SMILES string of the molecule is CC(C)(N)c1cn(-c2cc(F)cc(F)c2)nn1. The maximum Gasteiger partial charge on any atom is 0.128 e. The zero-order chi connectivity index (χ0) is 12.6. The highest BCUT2D eigenvalue weighted by molar-refractivity contribution is 5.32. The van der Waals surface area contributed by atoms with Crippen LogP contribution in [0.3, 0.4) is 0 Å². The van der Waals surface area contributed by atoms with Crippen molar-refractivity contribution in [2.45, 2.75) is 19.4 Å². The van der Waals surface area contributed by atoms with Crippen molar-refractivity contribution < 1.29 is 8.78 Å². The van der Waals surface area contributed by atoms with Gasteiger partial charge in [-0.25, -0.2) is 13.5 Å². The van der Waals surface area contributed by atoms with Crippen LogP contribution in [0.4, 0.5) is 8.78 Å². The van der Waals surface area contributed by atoms with E-state index in [9.17, 15) is 8.78 Å². The normalized spacial score (nSPS) is 11.8. The van der Waals surface area contributed by atoms with E-state index >= 15 is 0 Å². The minimum atomic E-state index is -0.663. The van der Waals surface area contributed by atoms with Crippen LogP contribution >= 0.6 is 0 Å². The van der Waals surface area contributed by atoms with Crippen LogP contribution in [0.1, 0.15) is 19.5 Å². The Morgan fingerprint density at radius 3 is 2.24 bits per heavy atom. The summed E-state index contributed by atoms with van der Waals surface area (Å²) in [6.45, 7) is 3.54. The van der Waals surface area contributed by atoms with Crippen molar-refractivity contribution in [1.82, 2.24) is 15.0 Å². The summed E-state index contributed by atoms with van der Waals surface area (Å²) >= 11 is 0. The summed E-state index contributed by atoms with van der Waals surface area (Å²) in [6, 6.07) is 3.14. The van der Waals surface area contributed by atoms with Crippen LogP contribution in [0, 0.1) is 11.6 Å². The molecule has 0 atom stereocenters. The van der Waals surface area contributed by atoms with Crippen molar-refractivity contribution in [2.24, 2.45) is 5.73 Å². The van der Waals surface area contributed by atoms with Gasteiger partial charge in [0.25, 0.3) is 0 Å². The average Bonchev–Trinajstić information content (AvgIpc) is 2.63. The molecular weight excluding hydrogens is 226 g/mol. The highest BCUT2D eigenvalue weighted by atomic mass is 19.1. The topological polar surface area (TPSA) is 56.7 Å². The van der Waals surface area contributed by atoms with E-state index in [1.54, 1.807) is 20.0 Å². The van der Waals surface area contributed by atoms with Gasteiger partial charge in [0.1, 0.15) is 17.3 Å². The Balaban J connectivity index is 2.44. The molecule has 2 aromatic rings. The summed E-state index contributed by atoms with van der Waals surface area (Å²) in [4.78, 5) is 0. The first-order valence-electron chi connectivity index (χ1n) is 5.04. The van der Waals surface area contributed by atoms with Crippen LogP contribution < -0.4 is 5.73 Å². The maximum atomic E-state index is 13.0. The summed E-state index contributed by atoms with van der Waals surface area (Å²) in [5.41, 5.74) is 6.01. The molecule has 2 rings (SSSR count). The van der Waals surface area contributed by atoms with E-state index in [-0.39, 0.29) is 5.69 Å². The van der Waals surface area contributed by atoms with Gasteiger partial charge in [-0.3, -0.25) is 0 Å². The van der Waals surface area contributed by atoms with Crippen molar-refractivity contribution >= 4 is 0 Å². The first kappa shape index (κ1) is 11.7. The number of aromatic nitrogens is 3. The summed E-state index contributed by atoms with van der Waals surface area (Å²) in [5, 5.41) is 7.65. The van der Waals surface area contributed by atoms with Crippen LogP contribution in [0.2, 0.25) is 0 Å². The van der Waals surface area contributed by atoms with Gasteiger partial charge in [0.15, 0.2) is 0 Å². The van der Waals surface area contributed by atoms with Crippen molar-refractivity contribution in [3.8, 4) is 5.69 Å². The Bertz CT molecular complexity index is 522.